The third-order valence-electron chi connectivity index (χ3n) is 4.85. The second-order valence-corrected chi connectivity index (χ2v) is 9.48. The molecule has 27 heavy (non-hydrogen) atoms. The minimum Gasteiger partial charge on any atom is -0.390 e. The first-order chi connectivity index (χ1) is 12.4. The highest BCUT2D eigenvalue weighted by Crippen LogP contribution is 2.52. The van der Waals surface area contributed by atoms with Crippen LogP contribution in [-0.4, -0.2) is 53.4 Å². The van der Waals surface area contributed by atoms with Crippen LogP contribution in [0.15, 0.2) is 21.9 Å². The van der Waals surface area contributed by atoms with Gasteiger partial charge in [0.2, 0.25) is 0 Å². The summed E-state index contributed by atoms with van der Waals surface area (Å²) >= 11 is 0. The minimum atomic E-state index is -4.27. The standard InChI is InChI=1S/C16H27N2O8P/c1-4-12(20)27(24,25)26-16(2,3)8-9-7-10(14(22)13(9)21)18-6-5-11(19)17-15(18)23/h5-6,9-10,12-14,20-22H,4,7-8H2,1-3H3,(H,24,25)(H,17,19,23)/t9-,10-,12?,13-,14+/m1/s1. The normalized spacial score (nSPS) is 29.4. The largest absolute Gasteiger partial charge is 0.390 e. The Bertz CT molecular complexity index is 819. The summed E-state index contributed by atoms with van der Waals surface area (Å²) in [6, 6.07) is 0.391. The Kier molecular flexibility index (Phi) is 6.51. The molecule has 6 atom stereocenters. The van der Waals surface area contributed by atoms with E-state index in [0.717, 1.165) is 10.6 Å². The maximum absolute atomic E-state index is 12.1. The lowest BCUT2D eigenvalue weighted by Crippen LogP contribution is -2.37. The number of aromatic amines is 1. The fourth-order valence-electron chi connectivity index (χ4n) is 3.58. The van der Waals surface area contributed by atoms with Crippen molar-refractivity contribution in [3.63, 3.8) is 0 Å². The fraction of sp³-hybridized carbons (Fsp3) is 0.750. The van der Waals surface area contributed by atoms with E-state index in [0.29, 0.717) is 0 Å². The number of aliphatic hydroxyl groups excluding tert-OH is 3. The molecule has 0 amide bonds. The Morgan fingerprint density at radius 3 is 2.56 bits per heavy atom. The van der Waals surface area contributed by atoms with Gasteiger partial charge in [0.25, 0.3) is 5.56 Å². The van der Waals surface area contributed by atoms with E-state index in [4.69, 9.17) is 4.52 Å². The van der Waals surface area contributed by atoms with E-state index in [9.17, 15) is 34.4 Å². The average Bonchev–Trinajstić information content (AvgIpc) is 2.81. The van der Waals surface area contributed by atoms with E-state index in [2.05, 4.69) is 4.98 Å². The number of rotatable bonds is 7. The summed E-state index contributed by atoms with van der Waals surface area (Å²) < 4.78 is 18.5. The summed E-state index contributed by atoms with van der Waals surface area (Å²) in [5.74, 6) is -2.04. The maximum Gasteiger partial charge on any atom is 0.356 e. The SMILES string of the molecule is CCC(O)P(=O)(O)OC(C)(C)C[C@H]1C[C@@H](n2ccc(=O)[nH]c2=O)[C@H](O)[C@@H]1O. The van der Waals surface area contributed by atoms with Gasteiger partial charge in [-0.15, -0.1) is 0 Å². The third kappa shape index (κ3) is 4.96. The molecule has 11 heteroatoms. The molecule has 0 aromatic carbocycles. The number of aromatic nitrogens is 2. The molecule has 10 nitrogen and oxygen atoms in total. The van der Waals surface area contributed by atoms with Crippen LogP contribution in [0.25, 0.3) is 0 Å². The summed E-state index contributed by atoms with van der Waals surface area (Å²) in [5, 5.41) is 30.4. The monoisotopic (exact) mass is 406 g/mol. The summed E-state index contributed by atoms with van der Waals surface area (Å²) in [6.45, 7) is 4.65. The molecule has 1 aliphatic rings. The van der Waals surface area contributed by atoms with Crippen LogP contribution in [0.2, 0.25) is 0 Å². The van der Waals surface area contributed by atoms with Crippen molar-refractivity contribution in [2.75, 3.05) is 0 Å². The van der Waals surface area contributed by atoms with Crippen LogP contribution in [0.4, 0.5) is 0 Å². The molecule has 1 aliphatic carbocycles. The molecule has 1 heterocycles. The van der Waals surface area contributed by atoms with Gasteiger partial charge in [0.05, 0.1) is 17.7 Å². The van der Waals surface area contributed by atoms with Gasteiger partial charge in [-0.1, -0.05) is 6.92 Å². The zero-order chi connectivity index (χ0) is 20.6. The van der Waals surface area contributed by atoms with Crippen LogP contribution in [-0.2, 0) is 9.09 Å². The van der Waals surface area contributed by atoms with E-state index in [1.165, 1.54) is 6.20 Å². The molecule has 0 aliphatic heterocycles. The predicted octanol–water partition coefficient (Wildman–Crippen LogP) is -0.0815. The van der Waals surface area contributed by atoms with Gasteiger partial charge in [-0.25, -0.2) is 4.79 Å². The lowest BCUT2D eigenvalue weighted by Gasteiger charge is -2.32. The number of nitrogens with one attached hydrogen (secondary N) is 1. The van der Waals surface area contributed by atoms with Crippen LogP contribution < -0.4 is 11.2 Å². The smallest absolute Gasteiger partial charge is 0.356 e. The van der Waals surface area contributed by atoms with Crippen LogP contribution >= 0.6 is 7.60 Å². The number of H-pyrrole nitrogens is 1. The Balaban J connectivity index is 2.16. The first-order valence-electron chi connectivity index (χ1n) is 8.77. The summed E-state index contributed by atoms with van der Waals surface area (Å²) in [5.41, 5.74) is -2.43. The zero-order valence-corrected chi connectivity index (χ0v) is 16.4. The number of hydrogen-bond donors (Lipinski definition) is 5. The van der Waals surface area contributed by atoms with Crippen molar-refractivity contribution in [3.8, 4) is 0 Å². The molecule has 2 rings (SSSR count). The molecule has 1 aromatic heterocycles. The van der Waals surface area contributed by atoms with E-state index in [-0.39, 0.29) is 19.3 Å². The second-order valence-electron chi connectivity index (χ2n) is 7.57. The molecule has 0 radical (unpaired) electrons. The van der Waals surface area contributed by atoms with Gasteiger partial charge in [0, 0.05) is 12.3 Å². The number of nitrogens with zero attached hydrogens (tertiary/aromatic N) is 1. The van der Waals surface area contributed by atoms with Gasteiger partial charge >= 0.3 is 13.3 Å². The lowest BCUT2D eigenvalue weighted by atomic mass is 9.91. The van der Waals surface area contributed by atoms with Gasteiger partial charge in [-0.2, -0.15) is 0 Å². The molecular formula is C16H27N2O8P. The highest BCUT2D eigenvalue weighted by molar-refractivity contribution is 7.53. The fourth-order valence-corrected chi connectivity index (χ4v) is 4.95. The van der Waals surface area contributed by atoms with Crippen molar-refractivity contribution in [3.05, 3.63) is 33.1 Å². The molecule has 1 fully saturated rings. The first-order valence-corrected chi connectivity index (χ1v) is 10.4. The van der Waals surface area contributed by atoms with Crippen molar-refractivity contribution in [1.82, 2.24) is 9.55 Å². The lowest BCUT2D eigenvalue weighted by molar-refractivity contribution is -0.0163. The summed E-state index contributed by atoms with van der Waals surface area (Å²) in [6.07, 6.45) is -0.826. The third-order valence-corrected chi connectivity index (χ3v) is 6.73. The van der Waals surface area contributed by atoms with Crippen LogP contribution in [0.3, 0.4) is 0 Å². The Morgan fingerprint density at radius 1 is 1.37 bits per heavy atom. The predicted molar refractivity (Wildman–Crippen MR) is 96.4 cm³/mol. The van der Waals surface area contributed by atoms with Crippen molar-refractivity contribution >= 4 is 7.60 Å². The van der Waals surface area contributed by atoms with Gasteiger partial charge in [-0.3, -0.25) is 18.9 Å². The first kappa shape index (κ1) is 22.0. The zero-order valence-electron chi connectivity index (χ0n) is 15.5. The van der Waals surface area contributed by atoms with Gasteiger partial charge in [0.1, 0.15) is 6.10 Å². The molecule has 2 unspecified atom stereocenters. The molecule has 0 bridgehead atoms. The van der Waals surface area contributed by atoms with Crippen LogP contribution in [0, 0.1) is 5.92 Å². The van der Waals surface area contributed by atoms with Crippen molar-refractivity contribution in [2.45, 2.75) is 69.7 Å². The van der Waals surface area contributed by atoms with Crippen molar-refractivity contribution < 1.29 is 29.3 Å². The summed E-state index contributed by atoms with van der Waals surface area (Å²) in [7, 11) is -4.27. The molecule has 1 saturated carbocycles. The Labute approximate surface area is 156 Å². The van der Waals surface area contributed by atoms with Crippen molar-refractivity contribution in [2.24, 2.45) is 5.92 Å². The average molecular weight is 406 g/mol. The molecule has 5 N–H and O–H groups in total. The number of aliphatic hydroxyl groups is 3. The Hall–Kier alpha value is -1.29. The maximum atomic E-state index is 12.1. The highest BCUT2D eigenvalue weighted by atomic mass is 31.2. The minimum absolute atomic E-state index is 0.0474. The van der Waals surface area contributed by atoms with E-state index >= 15 is 0 Å². The second kappa shape index (κ2) is 7.98. The Morgan fingerprint density at radius 2 is 2.00 bits per heavy atom. The number of hydrogen-bond acceptors (Lipinski definition) is 7. The van der Waals surface area contributed by atoms with Crippen LogP contribution in [0.5, 0.6) is 0 Å². The van der Waals surface area contributed by atoms with E-state index < -0.39 is 54.5 Å². The van der Waals surface area contributed by atoms with Gasteiger partial charge in [0.15, 0.2) is 5.85 Å². The van der Waals surface area contributed by atoms with E-state index in [1.807, 2.05) is 0 Å². The quantitative estimate of drug-likeness (QED) is 0.393. The van der Waals surface area contributed by atoms with Crippen LogP contribution in [0.1, 0.15) is 46.1 Å². The van der Waals surface area contributed by atoms with E-state index in [1.54, 1.807) is 20.8 Å². The van der Waals surface area contributed by atoms with Crippen molar-refractivity contribution in [1.29, 1.82) is 0 Å². The topological polar surface area (TPSA) is 162 Å². The summed E-state index contributed by atoms with van der Waals surface area (Å²) in [4.78, 5) is 35.2. The van der Waals surface area contributed by atoms with Gasteiger partial charge in [-0.05, 0) is 39.0 Å². The molecule has 0 spiro atoms. The van der Waals surface area contributed by atoms with Gasteiger partial charge < -0.3 is 24.7 Å². The molecule has 0 saturated heterocycles. The highest BCUT2D eigenvalue weighted by Gasteiger charge is 2.46. The molecular weight excluding hydrogens is 379 g/mol. The molecule has 154 valence electrons. The molecule has 1 aromatic rings.